The Morgan fingerprint density at radius 1 is 0.518 bits per heavy atom. The molecule has 0 saturated carbocycles. The maximum absolute atomic E-state index is 11.6. The average Bonchev–Trinajstić information content (AvgIpc) is 1.71. The summed E-state index contributed by atoms with van der Waals surface area (Å²) >= 11 is 9.53. The molecule has 5 heterocycles. The third kappa shape index (κ3) is 47.7. The molecule has 5 saturated heterocycles. The number of carbonyl (C=O) groups is 3. The molecule has 5 aliphatic heterocycles. The van der Waals surface area contributed by atoms with Gasteiger partial charge >= 0.3 is 11.9 Å². The average molecular weight is 1620 g/mol. The second kappa shape index (κ2) is 65.9. The monoisotopic (exact) mass is 1610 g/mol. The molecule has 17 nitrogen and oxygen atoms in total. The van der Waals surface area contributed by atoms with Crippen molar-refractivity contribution in [2.75, 3.05) is 171 Å². The van der Waals surface area contributed by atoms with Crippen LogP contribution < -0.4 is 10.6 Å². The van der Waals surface area contributed by atoms with E-state index in [2.05, 4.69) is 267 Å². The molecule has 112 heavy (non-hydrogen) atoms. The minimum absolute atomic E-state index is 0. The Morgan fingerprint density at radius 3 is 1.21 bits per heavy atom. The highest BCUT2D eigenvalue weighted by Crippen LogP contribution is 2.28. The van der Waals surface area contributed by atoms with Gasteiger partial charge in [-0.1, -0.05) is 261 Å². The summed E-state index contributed by atoms with van der Waals surface area (Å²) in [7, 11) is 4.52. The number of aliphatic hydroxyl groups is 2. The zero-order valence-corrected chi connectivity index (χ0v) is 74.8. The van der Waals surface area contributed by atoms with Crippen molar-refractivity contribution >= 4 is 49.5 Å². The van der Waals surface area contributed by atoms with Gasteiger partial charge in [-0.05, 0) is 141 Å². The molecular formula is C92H157Cl2N9O8Si. The number of aldehydes is 1. The normalized spacial score (nSPS) is 21.2. The number of carbonyl (C=O) groups excluding carboxylic acids is 3. The van der Waals surface area contributed by atoms with Gasteiger partial charge in [-0.3, -0.25) is 29.3 Å². The highest BCUT2D eigenvalue weighted by molar-refractivity contribution is 6.76. The molecular weight excluding hydrogens is 1460 g/mol. The maximum atomic E-state index is 11.6. The van der Waals surface area contributed by atoms with E-state index in [1.54, 1.807) is 20.1 Å². The van der Waals surface area contributed by atoms with Crippen LogP contribution in [-0.2, 0) is 61.3 Å². The second-order valence-electron chi connectivity index (χ2n) is 31.2. The predicted molar refractivity (Wildman–Crippen MR) is 478 cm³/mol. The molecule has 0 bridgehead atoms. The fraction of sp³-hybridized carbons (Fsp3) is 0.620. The molecule has 10 unspecified atom stereocenters. The SMILES string of the molecule is C.C/C=C/C(=O)OC.CC1CN(Cc2ccccc2)CC1C=O.CC1CN(Cc2ccccc2)CC1CO.CCN(CC)CC1CN(Cc2ccccc2)CC1C.CCN(CC)CC1CNCC1C.CCNCC.CO.COC(=O)C1CN(Cc2ccccc2)CC1C.COCN(Cc1ccccc1)C[Si](C)(C)C.ClCCl. The Kier molecular flexibility index (Phi) is 62.8. The first-order chi connectivity index (χ1) is 53.4. The smallest absolute Gasteiger partial charge is 0.330 e. The van der Waals surface area contributed by atoms with E-state index in [4.69, 9.17) is 37.8 Å². The zero-order chi connectivity index (χ0) is 82.8. The lowest BCUT2D eigenvalue weighted by atomic mass is 9.98. The molecule has 5 aromatic carbocycles. The number of rotatable bonds is 28. The molecule has 0 aromatic heterocycles. The number of methoxy groups -OCH3 is 3. The van der Waals surface area contributed by atoms with Crippen molar-refractivity contribution in [2.24, 2.45) is 59.2 Å². The van der Waals surface area contributed by atoms with Crippen LogP contribution in [-0.4, -0.2) is 242 Å². The lowest BCUT2D eigenvalue weighted by Gasteiger charge is -2.28. The Balaban J connectivity index is 0.00000127. The van der Waals surface area contributed by atoms with Gasteiger partial charge in [-0.25, -0.2) is 4.79 Å². The molecule has 0 aliphatic carbocycles. The van der Waals surface area contributed by atoms with E-state index in [-0.39, 0.29) is 36.5 Å². The van der Waals surface area contributed by atoms with Crippen LogP contribution in [0.4, 0.5) is 0 Å². The van der Waals surface area contributed by atoms with Crippen molar-refractivity contribution in [2.45, 2.75) is 143 Å². The summed E-state index contributed by atoms with van der Waals surface area (Å²) < 4.78 is 14.4. The summed E-state index contributed by atoms with van der Waals surface area (Å²) in [6.45, 7) is 59.8. The van der Waals surface area contributed by atoms with Crippen LogP contribution in [0.3, 0.4) is 0 Å². The first-order valence-corrected chi connectivity index (χ1v) is 45.8. The number of halogens is 2. The number of hydrogen-bond donors (Lipinski definition) is 4. The lowest BCUT2D eigenvalue weighted by molar-refractivity contribution is -0.146. The van der Waals surface area contributed by atoms with Crippen LogP contribution in [0.5, 0.6) is 0 Å². The van der Waals surface area contributed by atoms with Crippen LogP contribution >= 0.6 is 23.2 Å². The minimum atomic E-state index is -1.07. The van der Waals surface area contributed by atoms with E-state index in [1.165, 1.54) is 120 Å². The number of esters is 2. The van der Waals surface area contributed by atoms with Crippen molar-refractivity contribution in [3.63, 3.8) is 0 Å². The summed E-state index contributed by atoms with van der Waals surface area (Å²) in [5.74, 6) is 5.27. The summed E-state index contributed by atoms with van der Waals surface area (Å²) in [4.78, 5) is 49.7. The number of benzene rings is 5. The van der Waals surface area contributed by atoms with Gasteiger partial charge in [0.1, 0.15) is 6.29 Å². The van der Waals surface area contributed by atoms with Crippen LogP contribution in [0, 0.1) is 59.2 Å². The summed E-state index contributed by atoms with van der Waals surface area (Å²) in [6, 6.07) is 52.8. The number of hydrogen-bond acceptors (Lipinski definition) is 17. The van der Waals surface area contributed by atoms with Crippen molar-refractivity contribution in [3.8, 4) is 0 Å². The maximum Gasteiger partial charge on any atom is 0.330 e. The topological polar surface area (TPSA) is 166 Å². The van der Waals surface area contributed by atoms with E-state index in [1.807, 2.05) is 30.3 Å². The summed E-state index contributed by atoms with van der Waals surface area (Å²) in [6.07, 6.45) is 5.28. The van der Waals surface area contributed by atoms with Crippen molar-refractivity contribution in [1.29, 1.82) is 0 Å². The standard InChI is InChI=1S/C17H28N2.C14H19NO2.C13H23NOSi.C13H19NO.C13H17NO.C10H22N2.C5H8O2.C4H11N.CH2Cl2.CH4O.CH4/c1-4-18(5-2)13-17-14-19(11-15(17)3)12-16-9-7-6-8-10-16;1-11-8-15(10-13(11)14(16)17-2)9-12-6-4-3-5-7-12;1-15-11-14(12-16(2,3)4)10-13-8-6-5-7-9-13;2*1-11-7-14(9-13(11)10-15)8-12-5-3-2-4-6-12;1-4-12(5-2)8-10-7-11-6-9(10)3;1-3-4-5(6)7-2;1-3-5-4-2;2-1-3;1-2;/h6-10,15,17H,4-5,11-14H2,1-3H3;3-7,11,13H,8-10H2,1-2H3;5-9H,10-12H2,1-4H3;2-6,11,13,15H,7-10H2,1H3;2-6,10-11,13H,7-9H2,1H3;9-11H,4-8H2,1-3H3;3-4H,1-2H3;5H,3-4H2,1-2H3;1H2;2H,1H3;1H4/b;;;;;;4-3+;;;;. The van der Waals surface area contributed by atoms with Gasteiger partial charge in [-0.2, -0.15) is 0 Å². The molecule has 636 valence electrons. The Hall–Kier alpha value is -5.23. The Bertz CT molecular complexity index is 3040. The van der Waals surface area contributed by atoms with E-state index >= 15 is 0 Å². The van der Waals surface area contributed by atoms with Gasteiger partial charge in [0.2, 0.25) is 0 Å². The zero-order valence-electron chi connectivity index (χ0n) is 72.3. The molecule has 4 N–H and O–H groups in total. The molecule has 0 spiro atoms. The van der Waals surface area contributed by atoms with Crippen LogP contribution in [0.25, 0.3) is 0 Å². The van der Waals surface area contributed by atoms with E-state index in [0.717, 1.165) is 129 Å². The largest absolute Gasteiger partial charge is 0.469 e. The number of ether oxygens (including phenoxy) is 3. The number of nitrogens with one attached hydrogen (secondary N) is 2. The van der Waals surface area contributed by atoms with Gasteiger partial charge in [0.05, 0.1) is 40.3 Å². The van der Waals surface area contributed by atoms with E-state index in [9.17, 15) is 19.5 Å². The second-order valence-corrected chi connectivity index (χ2v) is 37.4. The Morgan fingerprint density at radius 2 is 0.893 bits per heavy atom. The number of nitrogens with zero attached hydrogens (tertiary/aromatic N) is 7. The quantitative estimate of drug-likeness (QED) is 0.00932. The fourth-order valence-corrected chi connectivity index (χ4v) is 16.0. The number of likely N-dealkylation sites (tertiary alicyclic amines) is 4. The molecule has 20 heteroatoms. The first kappa shape index (κ1) is 107. The van der Waals surface area contributed by atoms with Gasteiger partial charge in [0.25, 0.3) is 0 Å². The van der Waals surface area contributed by atoms with Gasteiger partial charge < -0.3 is 49.7 Å². The fourth-order valence-electron chi connectivity index (χ4n) is 14.5. The first-order valence-electron chi connectivity index (χ1n) is 41.0. The molecule has 5 aromatic rings. The van der Waals surface area contributed by atoms with Crippen LogP contribution in [0.2, 0.25) is 19.6 Å². The number of alkyl halides is 2. The minimum Gasteiger partial charge on any atom is -0.469 e. The Labute approximate surface area is 693 Å². The highest BCUT2D eigenvalue weighted by Gasteiger charge is 2.36. The molecule has 10 atom stereocenters. The van der Waals surface area contributed by atoms with Gasteiger partial charge in [0, 0.05) is 131 Å². The lowest BCUT2D eigenvalue weighted by Crippen LogP contribution is -2.40. The van der Waals surface area contributed by atoms with Gasteiger partial charge in [0.15, 0.2) is 0 Å². The molecule has 5 aliphatic rings. The van der Waals surface area contributed by atoms with Crippen molar-refractivity contribution < 1.29 is 38.8 Å². The third-order valence-corrected chi connectivity index (χ3v) is 22.1. The van der Waals surface area contributed by atoms with Crippen molar-refractivity contribution in [3.05, 3.63) is 192 Å². The summed E-state index contributed by atoms with van der Waals surface area (Å²) in [5, 5.41) is 22.9. The molecule has 0 amide bonds. The number of allylic oxidation sites excluding steroid dienone is 1. The van der Waals surface area contributed by atoms with E-state index in [0.29, 0.717) is 30.3 Å². The molecule has 5 fully saturated rings. The van der Waals surface area contributed by atoms with Crippen molar-refractivity contribution in [1.82, 2.24) is 44.9 Å². The summed E-state index contributed by atoms with van der Waals surface area (Å²) in [5.41, 5.74) is 6.79. The third-order valence-electron chi connectivity index (χ3n) is 20.7. The highest BCUT2D eigenvalue weighted by atomic mass is 35.5. The van der Waals surface area contributed by atoms with E-state index < -0.39 is 8.07 Å². The van der Waals surface area contributed by atoms with Crippen LogP contribution in [0.1, 0.15) is 118 Å². The molecule has 10 rings (SSSR count). The predicted octanol–water partition coefficient (Wildman–Crippen LogP) is 15.9. The molecule has 0 radical (unpaired) electrons. The van der Waals surface area contributed by atoms with Crippen LogP contribution in [0.15, 0.2) is 164 Å². The number of aliphatic hydroxyl groups excluding tert-OH is 2. The van der Waals surface area contributed by atoms with Gasteiger partial charge in [-0.15, -0.1) is 23.2 Å².